The Kier molecular flexibility index (Phi) is 4.31. The molecule has 0 aromatic carbocycles. The zero-order chi connectivity index (χ0) is 19.0. The van der Waals surface area contributed by atoms with E-state index in [0.29, 0.717) is 39.5 Å². The first-order chi connectivity index (χ1) is 13.1. The quantitative estimate of drug-likeness (QED) is 0.692. The van der Waals surface area contributed by atoms with Crippen molar-refractivity contribution >= 4 is 23.0 Å². The van der Waals surface area contributed by atoms with Crippen LogP contribution in [0.5, 0.6) is 0 Å². The number of pyridine rings is 2. The highest BCUT2D eigenvalue weighted by atomic mass is 16.5. The average Bonchev–Trinajstić information content (AvgIpc) is 3.45. The van der Waals surface area contributed by atoms with Crippen molar-refractivity contribution in [3.05, 3.63) is 41.2 Å². The van der Waals surface area contributed by atoms with Crippen LogP contribution in [0.4, 0.5) is 0 Å². The van der Waals surface area contributed by atoms with E-state index in [9.17, 15) is 9.59 Å². The number of fused-ring (bicyclic) bond motifs is 1. The number of aromatic nitrogens is 4. The molecule has 4 rings (SSSR count). The minimum Gasteiger partial charge on any atom is -0.465 e. The van der Waals surface area contributed by atoms with Crippen LogP contribution >= 0.6 is 0 Å². The van der Waals surface area contributed by atoms with E-state index in [2.05, 4.69) is 24.9 Å². The standard InChI is InChI=1S/C19H18N4O4/c1-3-27-19(25)12-8-14(13-7-6-11(9-20-13)18(24)26-2)21-17-15(12)16(22-23-17)10-4-5-10/h6-10H,3-5H2,1-2H3,(H,21,22,23). The molecule has 0 saturated heterocycles. The molecule has 138 valence electrons. The molecule has 1 N–H and O–H groups in total. The summed E-state index contributed by atoms with van der Waals surface area (Å²) in [6.45, 7) is 2.04. The van der Waals surface area contributed by atoms with Gasteiger partial charge in [0, 0.05) is 17.8 Å². The molecule has 3 heterocycles. The highest BCUT2D eigenvalue weighted by Gasteiger charge is 2.30. The lowest BCUT2D eigenvalue weighted by atomic mass is 10.1. The summed E-state index contributed by atoms with van der Waals surface area (Å²) in [4.78, 5) is 32.9. The van der Waals surface area contributed by atoms with E-state index in [1.54, 1.807) is 25.1 Å². The first kappa shape index (κ1) is 17.1. The first-order valence-corrected chi connectivity index (χ1v) is 8.73. The Hall–Kier alpha value is -3.29. The molecular formula is C19H18N4O4. The van der Waals surface area contributed by atoms with Crippen LogP contribution in [-0.2, 0) is 9.47 Å². The van der Waals surface area contributed by atoms with Crippen molar-refractivity contribution in [3.8, 4) is 11.4 Å². The number of esters is 2. The second-order valence-electron chi connectivity index (χ2n) is 6.31. The van der Waals surface area contributed by atoms with Gasteiger partial charge in [0.05, 0.1) is 41.6 Å². The Balaban J connectivity index is 1.82. The van der Waals surface area contributed by atoms with Crippen LogP contribution in [0.3, 0.4) is 0 Å². The maximum Gasteiger partial charge on any atom is 0.339 e. The predicted octanol–water partition coefficient (Wildman–Crippen LogP) is 2.86. The van der Waals surface area contributed by atoms with Gasteiger partial charge in [-0.05, 0) is 38.0 Å². The van der Waals surface area contributed by atoms with Gasteiger partial charge in [0.25, 0.3) is 0 Å². The molecule has 0 unspecified atom stereocenters. The number of carbonyl (C=O) groups excluding carboxylic acids is 2. The molecule has 1 fully saturated rings. The van der Waals surface area contributed by atoms with Crippen LogP contribution < -0.4 is 0 Å². The number of aromatic amines is 1. The van der Waals surface area contributed by atoms with E-state index in [1.165, 1.54) is 13.3 Å². The van der Waals surface area contributed by atoms with E-state index in [4.69, 9.17) is 4.74 Å². The van der Waals surface area contributed by atoms with E-state index in [1.807, 2.05) is 0 Å². The molecule has 8 nitrogen and oxygen atoms in total. The lowest BCUT2D eigenvalue weighted by molar-refractivity contribution is 0.0527. The van der Waals surface area contributed by atoms with Crippen LogP contribution in [0.15, 0.2) is 24.4 Å². The fourth-order valence-corrected chi connectivity index (χ4v) is 3.00. The van der Waals surface area contributed by atoms with E-state index < -0.39 is 11.9 Å². The summed E-state index contributed by atoms with van der Waals surface area (Å²) in [7, 11) is 1.31. The summed E-state index contributed by atoms with van der Waals surface area (Å²) in [5.74, 6) is -0.500. The smallest absolute Gasteiger partial charge is 0.339 e. The van der Waals surface area contributed by atoms with Crippen molar-refractivity contribution in [2.24, 2.45) is 0 Å². The topological polar surface area (TPSA) is 107 Å². The molecule has 1 aliphatic carbocycles. The minimum atomic E-state index is -0.467. The predicted molar refractivity (Wildman–Crippen MR) is 96.4 cm³/mol. The molecule has 3 aromatic heterocycles. The molecule has 1 saturated carbocycles. The van der Waals surface area contributed by atoms with Gasteiger partial charge in [0.15, 0.2) is 5.65 Å². The molecule has 0 atom stereocenters. The maximum atomic E-state index is 12.5. The van der Waals surface area contributed by atoms with E-state index in [-0.39, 0.29) is 6.61 Å². The Morgan fingerprint density at radius 1 is 1.22 bits per heavy atom. The normalized spacial score (nSPS) is 13.6. The summed E-state index contributed by atoms with van der Waals surface area (Å²) in [6, 6.07) is 4.93. The zero-order valence-corrected chi connectivity index (χ0v) is 15.0. The molecule has 3 aromatic rings. The highest BCUT2D eigenvalue weighted by molar-refractivity contribution is 6.05. The van der Waals surface area contributed by atoms with Gasteiger partial charge in [-0.2, -0.15) is 5.10 Å². The SMILES string of the molecule is CCOC(=O)c1cc(-c2ccc(C(=O)OC)cn2)nc2n[nH]c(C3CC3)c12. The number of ether oxygens (including phenoxy) is 2. The van der Waals surface area contributed by atoms with Crippen LogP contribution in [-0.4, -0.2) is 45.8 Å². The highest BCUT2D eigenvalue weighted by Crippen LogP contribution is 2.43. The van der Waals surface area contributed by atoms with Crippen LogP contribution in [0.1, 0.15) is 52.1 Å². The van der Waals surface area contributed by atoms with Gasteiger partial charge < -0.3 is 9.47 Å². The van der Waals surface area contributed by atoms with Gasteiger partial charge in [0.1, 0.15) is 0 Å². The fraction of sp³-hybridized carbons (Fsp3) is 0.316. The molecule has 0 aliphatic heterocycles. The van der Waals surface area contributed by atoms with Crippen LogP contribution in [0.25, 0.3) is 22.4 Å². The largest absolute Gasteiger partial charge is 0.465 e. The number of methoxy groups -OCH3 is 1. The first-order valence-electron chi connectivity index (χ1n) is 8.73. The lowest BCUT2D eigenvalue weighted by Gasteiger charge is -2.08. The fourth-order valence-electron chi connectivity index (χ4n) is 3.00. The number of hydrogen-bond acceptors (Lipinski definition) is 7. The second-order valence-corrected chi connectivity index (χ2v) is 6.31. The third kappa shape index (κ3) is 3.14. The third-order valence-electron chi connectivity index (χ3n) is 4.48. The van der Waals surface area contributed by atoms with Crippen molar-refractivity contribution < 1.29 is 19.1 Å². The second kappa shape index (κ2) is 6.79. The number of carbonyl (C=O) groups is 2. The van der Waals surface area contributed by atoms with Crippen molar-refractivity contribution in [1.82, 2.24) is 20.2 Å². The van der Waals surface area contributed by atoms with Gasteiger partial charge >= 0.3 is 11.9 Å². The number of H-pyrrole nitrogens is 1. The van der Waals surface area contributed by atoms with Gasteiger partial charge in [-0.3, -0.25) is 10.1 Å². The van der Waals surface area contributed by atoms with Crippen LogP contribution in [0.2, 0.25) is 0 Å². The van der Waals surface area contributed by atoms with Gasteiger partial charge in [0.2, 0.25) is 0 Å². The van der Waals surface area contributed by atoms with Crippen LogP contribution in [0, 0.1) is 0 Å². The molecule has 1 aliphatic rings. The minimum absolute atomic E-state index is 0.278. The summed E-state index contributed by atoms with van der Waals surface area (Å²) >= 11 is 0. The zero-order valence-electron chi connectivity index (χ0n) is 15.0. The molecular weight excluding hydrogens is 348 g/mol. The summed E-state index contributed by atoms with van der Waals surface area (Å²) in [5, 5.41) is 8.02. The Morgan fingerprint density at radius 2 is 2.04 bits per heavy atom. The maximum absolute atomic E-state index is 12.5. The average molecular weight is 366 g/mol. The lowest BCUT2D eigenvalue weighted by Crippen LogP contribution is -2.07. The number of hydrogen-bond donors (Lipinski definition) is 1. The monoisotopic (exact) mass is 366 g/mol. The van der Waals surface area contributed by atoms with E-state index >= 15 is 0 Å². The summed E-state index contributed by atoms with van der Waals surface area (Å²) in [5.41, 5.74) is 3.15. The molecule has 0 spiro atoms. The molecule has 27 heavy (non-hydrogen) atoms. The number of nitrogens with one attached hydrogen (secondary N) is 1. The number of rotatable bonds is 5. The van der Waals surface area contributed by atoms with Crippen molar-refractivity contribution in [1.29, 1.82) is 0 Å². The summed E-state index contributed by atoms with van der Waals surface area (Å²) in [6.07, 6.45) is 3.55. The van der Waals surface area contributed by atoms with Crippen molar-refractivity contribution in [2.45, 2.75) is 25.7 Å². The molecule has 0 amide bonds. The van der Waals surface area contributed by atoms with Gasteiger partial charge in [-0.1, -0.05) is 0 Å². The van der Waals surface area contributed by atoms with Crippen molar-refractivity contribution in [3.63, 3.8) is 0 Å². The Bertz CT molecular complexity index is 1020. The Labute approximate surface area is 154 Å². The molecule has 0 bridgehead atoms. The van der Waals surface area contributed by atoms with Crippen molar-refractivity contribution in [2.75, 3.05) is 13.7 Å². The molecule has 8 heteroatoms. The van der Waals surface area contributed by atoms with Gasteiger partial charge in [-0.15, -0.1) is 0 Å². The van der Waals surface area contributed by atoms with E-state index in [0.717, 1.165) is 18.5 Å². The number of nitrogens with zero attached hydrogens (tertiary/aromatic N) is 3. The Morgan fingerprint density at radius 3 is 2.67 bits per heavy atom. The molecule has 0 radical (unpaired) electrons. The summed E-state index contributed by atoms with van der Waals surface area (Å²) < 4.78 is 9.90. The van der Waals surface area contributed by atoms with Gasteiger partial charge in [-0.25, -0.2) is 14.6 Å². The third-order valence-corrected chi connectivity index (χ3v) is 4.48.